The highest BCUT2D eigenvalue weighted by atomic mass is 16.6. The minimum atomic E-state index is -0.544. The molecule has 0 atom stereocenters. The predicted octanol–water partition coefficient (Wildman–Crippen LogP) is 11.2. The summed E-state index contributed by atoms with van der Waals surface area (Å²) in [5.41, 5.74) is 5.15. The number of carbonyl (C=O) groups excluding carboxylic acids is 2. The lowest BCUT2D eigenvalue weighted by molar-refractivity contribution is 0.0932. The van der Waals surface area contributed by atoms with E-state index in [0.29, 0.717) is 18.0 Å². The standard InChI is InChI=1S/C41H42N4O5/c46-40(42-35-17-9-4-10-18-35)49-30-32(31-50-41(47)43-36-19-11-5-12-20-36)14-6-1-2-13-29-48-39-27-25-38(26-28-39)45-44-37-23-21-34(22-24-37)33-15-7-3-8-16-33/h3-5,7-12,15-28,32H,1-2,6,13-14,29-31H2,(H,42,46)(H,43,47). The molecule has 0 aliphatic rings. The molecule has 2 amide bonds. The molecule has 0 aliphatic carbocycles. The third kappa shape index (κ3) is 12.6. The van der Waals surface area contributed by atoms with E-state index in [1.165, 1.54) is 5.56 Å². The van der Waals surface area contributed by atoms with Crippen LogP contribution < -0.4 is 15.4 Å². The van der Waals surface area contributed by atoms with Gasteiger partial charge in [0.2, 0.25) is 0 Å². The number of unbranched alkanes of at least 4 members (excludes halogenated alkanes) is 3. The van der Waals surface area contributed by atoms with Crippen LogP contribution in [-0.4, -0.2) is 32.0 Å². The molecule has 0 fully saturated rings. The Bertz CT molecular complexity index is 1690. The summed E-state index contributed by atoms with van der Waals surface area (Å²) in [4.78, 5) is 24.7. The Balaban J connectivity index is 0.991. The topological polar surface area (TPSA) is 111 Å². The van der Waals surface area contributed by atoms with Crippen LogP contribution in [0.2, 0.25) is 0 Å². The summed E-state index contributed by atoms with van der Waals surface area (Å²) in [7, 11) is 0. The minimum absolute atomic E-state index is 0.135. The smallest absolute Gasteiger partial charge is 0.411 e. The quantitative estimate of drug-likeness (QED) is 0.0755. The zero-order chi connectivity index (χ0) is 34.6. The third-order valence-corrected chi connectivity index (χ3v) is 7.81. The van der Waals surface area contributed by atoms with Crippen molar-refractivity contribution in [1.82, 2.24) is 0 Å². The average molecular weight is 671 g/mol. The van der Waals surface area contributed by atoms with Crippen LogP contribution in [-0.2, 0) is 9.47 Å². The molecule has 5 aromatic carbocycles. The molecule has 0 radical (unpaired) electrons. The second-order valence-corrected chi connectivity index (χ2v) is 11.7. The highest BCUT2D eigenvalue weighted by Gasteiger charge is 2.15. The van der Waals surface area contributed by atoms with Gasteiger partial charge < -0.3 is 14.2 Å². The van der Waals surface area contributed by atoms with Gasteiger partial charge >= 0.3 is 12.2 Å². The number of benzene rings is 5. The molecule has 2 N–H and O–H groups in total. The van der Waals surface area contributed by atoms with E-state index in [1.54, 1.807) is 24.3 Å². The highest BCUT2D eigenvalue weighted by molar-refractivity contribution is 5.85. The van der Waals surface area contributed by atoms with Crippen LogP contribution in [0.1, 0.15) is 32.1 Å². The molecule has 0 spiro atoms. The summed E-state index contributed by atoms with van der Waals surface area (Å²) >= 11 is 0. The third-order valence-electron chi connectivity index (χ3n) is 7.81. The van der Waals surface area contributed by atoms with Gasteiger partial charge in [-0.15, -0.1) is 0 Å². The lowest BCUT2D eigenvalue weighted by atomic mass is 10.0. The Morgan fingerprint density at radius 3 is 1.52 bits per heavy atom. The van der Waals surface area contributed by atoms with E-state index >= 15 is 0 Å². The van der Waals surface area contributed by atoms with E-state index in [1.807, 2.05) is 103 Å². The molecule has 5 aromatic rings. The molecular weight excluding hydrogens is 628 g/mol. The maximum absolute atomic E-state index is 12.3. The number of amides is 2. The van der Waals surface area contributed by atoms with Gasteiger partial charge in [-0.3, -0.25) is 10.6 Å². The number of azo groups is 1. The van der Waals surface area contributed by atoms with Crippen molar-refractivity contribution in [3.05, 3.63) is 140 Å². The van der Waals surface area contributed by atoms with E-state index in [9.17, 15) is 9.59 Å². The Labute approximate surface area is 293 Å². The van der Waals surface area contributed by atoms with Crippen molar-refractivity contribution in [2.45, 2.75) is 32.1 Å². The van der Waals surface area contributed by atoms with Gasteiger partial charge in [-0.25, -0.2) is 9.59 Å². The molecular formula is C41H42N4O5. The van der Waals surface area contributed by atoms with Crippen LogP contribution in [0.25, 0.3) is 11.1 Å². The summed E-state index contributed by atoms with van der Waals surface area (Å²) in [5.74, 6) is 0.645. The van der Waals surface area contributed by atoms with Crippen LogP contribution >= 0.6 is 0 Å². The van der Waals surface area contributed by atoms with Crippen molar-refractivity contribution in [1.29, 1.82) is 0 Å². The maximum Gasteiger partial charge on any atom is 0.411 e. The average Bonchev–Trinajstić information content (AvgIpc) is 3.16. The summed E-state index contributed by atoms with van der Waals surface area (Å²) in [6, 6.07) is 44.1. The lowest BCUT2D eigenvalue weighted by Gasteiger charge is -2.18. The van der Waals surface area contributed by atoms with E-state index in [4.69, 9.17) is 14.2 Å². The summed E-state index contributed by atoms with van der Waals surface area (Å²) < 4.78 is 16.9. The largest absolute Gasteiger partial charge is 0.494 e. The van der Waals surface area contributed by atoms with Crippen LogP contribution in [0.5, 0.6) is 5.75 Å². The van der Waals surface area contributed by atoms with E-state index in [0.717, 1.165) is 54.8 Å². The van der Waals surface area contributed by atoms with Gasteiger partial charge in [0.05, 0.1) is 31.2 Å². The van der Waals surface area contributed by atoms with E-state index < -0.39 is 12.2 Å². The number of nitrogens with one attached hydrogen (secondary N) is 2. The van der Waals surface area contributed by atoms with Crippen LogP contribution in [0, 0.1) is 5.92 Å². The molecule has 9 nitrogen and oxygen atoms in total. The fourth-order valence-corrected chi connectivity index (χ4v) is 5.11. The van der Waals surface area contributed by atoms with E-state index in [2.05, 4.69) is 33.0 Å². The zero-order valence-corrected chi connectivity index (χ0v) is 27.9. The van der Waals surface area contributed by atoms with Crippen LogP contribution in [0.3, 0.4) is 0 Å². The first-order valence-corrected chi connectivity index (χ1v) is 16.9. The second kappa shape index (κ2) is 19.8. The van der Waals surface area contributed by atoms with Gasteiger partial charge in [0.15, 0.2) is 0 Å². The molecule has 0 aliphatic heterocycles. The molecule has 9 heteroatoms. The highest BCUT2D eigenvalue weighted by Crippen LogP contribution is 2.25. The van der Waals surface area contributed by atoms with Crippen LogP contribution in [0.15, 0.2) is 150 Å². The van der Waals surface area contributed by atoms with Crippen molar-refractivity contribution < 1.29 is 23.8 Å². The fraction of sp³-hybridized carbons (Fsp3) is 0.220. The Hall–Kier alpha value is -5.96. The van der Waals surface area contributed by atoms with Crippen molar-refractivity contribution in [2.24, 2.45) is 16.1 Å². The number of ether oxygens (including phenoxy) is 3. The Morgan fingerprint density at radius 2 is 0.980 bits per heavy atom. The lowest BCUT2D eigenvalue weighted by Crippen LogP contribution is -2.24. The molecule has 0 saturated carbocycles. The Morgan fingerprint density at radius 1 is 0.520 bits per heavy atom. The minimum Gasteiger partial charge on any atom is -0.494 e. The molecule has 0 heterocycles. The molecule has 0 bridgehead atoms. The van der Waals surface area contributed by atoms with Gasteiger partial charge in [-0.1, -0.05) is 98.1 Å². The van der Waals surface area contributed by atoms with Gasteiger partial charge in [0.1, 0.15) is 5.75 Å². The summed E-state index contributed by atoms with van der Waals surface area (Å²) in [5, 5.41) is 14.1. The molecule has 0 unspecified atom stereocenters. The van der Waals surface area contributed by atoms with Gasteiger partial charge in [-0.05, 0) is 84.6 Å². The van der Waals surface area contributed by atoms with Crippen molar-refractivity contribution >= 4 is 34.9 Å². The molecule has 0 aromatic heterocycles. The van der Waals surface area contributed by atoms with Crippen molar-refractivity contribution in [2.75, 3.05) is 30.5 Å². The first-order valence-electron chi connectivity index (χ1n) is 16.9. The number of rotatable bonds is 17. The normalized spacial score (nSPS) is 10.9. The molecule has 5 rings (SSSR count). The number of anilines is 2. The monoisotopic (exact) mass is 670 g/mol. The van der Waals surface area contributed by atoms with E-state index in [-0.39, 0.29) is 19.1 Å². The predicted molar refractivity (Wildman–Crippen MR) is 197 cm³/mol. The molecule has 50 heavy (non-hydrogen) atoms. The number of nitrogens with zero attached hydrogens (tertiary/aromatic N) is 2. The van der Waals surface area contributed by atoms with Gasteiger partial charge in [-0.2, -0.15) is 10.2 Å². The molecule has 0 saturated heterocycles. The first kappa shape index (κ1) is 35.3. The van der Waals surface area contributed by atoms with Gasteiger partial charge in [0.25, 0.3) is 0 Å². The number of hydrogen-bond acceptors (Lipinski definition) is 7. The number of para-hydroxylation sites is 2. The maximum atomic E-state index is 12.3. The summed E-state index contributed by atoms with van der Waals surface area (Å²) in [6.07, 6.45) is 3.40. The van der Waals surface area contributed by atoms with Gasteiger partial charge in [0, 0.05) is 17.3 Å². The van der Waals surface area contributed by atoms with Crippen LogP contribution in [0.4, 0.5) is 32.3 Å². The second-order valence-electron chi connectivity index (χ2n) is 11.7. The molecule has 256 valence electrons. The van der Waals surface area contributed by atoms with Crippen molar-refractivity contribution in [3.63, 3.8) is 0 Å². The zero-order valence-electron chi connectivity index (χ0n) is 27.9. The first-order chi connectivity index (χ1) is 24.6. The number of hydrogen-bond donors (Lipinski definition) is 2. The Kier molecular flexibility index (Phi) is 14.0. The number of carbonyl (C=O) groups is 2. The SMILES string of the molecule is O=C(Nc1ccccc1)OCC(CCCCCCOc1ccc(N=Nc2ccc(-c3ccccc3)cc2)cc1)COC(=O)Nc1ccccc1. The van der Waals surface area contributed by atoms with Crippen molar-refractivity contribution in [3.8, 4) is 16.9 Å². The summed E-state index contributed by atoms with van der Waals surface area (Å²) in [6.45, 7) is 0.872. The fourth-order valence-electron chi connectivity index (χ4n) is 5.11.